The van der Waals surface area contributed by atoms with Crippen molar-refractivity contribution in [1.82, 2.24) is 0 Å². The number of nitrogens with zero attached hydrogens (tertiary/aromatic N) is 2. The van der Waals surface area contributed by atoms with Crippen LogP contribution in [0.3, 0.4) is 0 Å². The molecule has 1 aromatic carbocycles. The summed E-state index contributed by atoms with van der Waals surface area (Å²) in [6.45, 7) is 6.17. The van der Waals surface area contributed by atoms with Crippen LogP contribution in [0, 0.1) is 10.1 Å². The summed E-state index contributed by atoms with van der Waals surface area (Å²) in [5.74, 6) is -0.482. The number of aliphatic imine (C=N–C) groups is 1. The van der Waals surface area contributed by atoms with Gasteiger partial charge in [0.2, 0.25) is 5.91 Å². The van der Waals surface area contributed by atoms with Crippen molar-refractivity contribution >= 4 is 35.0 Å². The highest BCUT2D eigenvalue weighted by Gasteiger charge is 2.32. The standard InChI is InChI=1S/C18H17N3O4/c1-11-18(2,3)14-10-12(4-7-15(14)19-11)20-16(22)8-5-13-6-9-17(25-13)21(23)24/h4-10H,1-3H3,(H,20,22)/b8-5+. The number of carbonyl (C=O) groups excluding carboxylic acids is 1. The first-order valence-electron chi connectivity index (χ1n) is 7.71. The average Bonchev–Trinajstić information content (AvgIpc) is 3.10. The number of furan rings is 1. The van der Waals surface area contributed by atoms with Gasteiger partial charge in [0.25, 0.3) is 0 Å². The number of nitro groups is 1. The maximum absolute atomic E-state index is 12.1. The predicted octanol–water partition coefficient (Wildman–Crippen LogP) is 4.22. The Balaban J connectivity index is 1.71. The van der Waals surface area contributed by atoms with E-state index in [2.05, 4.69) is 24.2 Å². The van der Waals surface area contributed by atoms with Gasteiger partial charge in [0.05, 0.1) is 11.8 Å². The maximum Gasteiger partial charge on any atom is 0.433 e. The molecule has 0 fully saturated rings. The van der Waals surface area contributed by atoms with Crippen LogP contribution in [-0.4, -0.2) is 16.5 Å². The third kappa shape index (κ3) is 3.21. The zero-order chi connectivity index (χ0) is 18.2. The number of amides is 1. The van der Waals surface area contributed by atoms with Crippen molar-refractivity contribution < 1.29 is 14.1 Å². The molecule has 7 nitrogen and oxygen atoms in total. The first-order valence-corrected chi connectivity index (χ1v) is 7.71. The van der Waals surface area contributed by atoms with Crippen LogP contribution in [-0.2, 0) is 10.2 Å². The molecule has 0 saturated carbocycles. The van der Waals surface area contributed by atoms with Crippen molar-refractivity contribution in [1.29, 1.82) is 0 Å². The molecular weight excluding hydrogens is 322 g/mol. The maximum atomic E-state index is 12.1. The van der Waals surface area contributed by atoms with Gasteiger partial charge in [-0.2, -0.15) is 0 Å². The minimum absolute atomic E-state index is 0.168. The molecule has 3 rings (SSSR count). The van der Waals surface area contributed by atoms with E-state index in [1.807, 2.05) is 19.1 Å². The van der Waals surface area contributed by atoms with Crippen LogP contribution in [0.1, 0.15) is 32.1 Å². The van der Waals surface area contributed by atoms with Gasteiger partial charge in [-0.25, -0.2) is 0 Å². The van der Waals surface area contributed by atoms with Crippen LogP contribution in [0.15, 0.2) is 45.8 Å². The van der Waals surface area contributed by atoms with Crippen LogP contribution >= 0.6 is 0 Å². The van der Waals surface area contributed by atoms with E-state index in [1.165, 1.54) is 24.3 Å². The summed E-state index contributed by atoms with van der Waals surface area (Å²) in [7, 11) is 0. The highest BCUT2D eigenvalue weighted by molar-refractivity contribution is 6.03. The molecule has 0 saturated heterocycles. The summed E-state index contributed by atoms with van der Waals surface area (Å²) < 4.78 is 4.96. The van der Waals surface area contributed by atoms with E-state index in [-0.39, 0.29) is 23.0 Å². The summed E-state index contributed by atoms with van der Waals surface area (Å²) >= 11 is 0. The van der Waals surface area contributed by atoms with Crippen molar-refractivity contribution in [3.8, 4) is 0 Å². The summed E-state index contributed by atoms with van der Waals surface area (Å²) in [4.78, 5) is 26.5. The Bertz CT molecular complexity index is 922. The molecular formula is C18H17N3O4. The zero-order valence-electron chi connectivity index (χ0n) is 14.1. The Morgan fingerprint density at radius 2 is 2.08 bits per heavy atom. The summed E-state index contributed by atoms with van der Waals surface area (Å²) in [5.41, 5.74) is 3.51. The van der Waals surface area contributed by atoms with Gasteiger partial charge in [0.15, 0.2) is 0 Å². The Morgan fingerprint density at radius 1 is 1.32 bits per heavy atom. The molecule has 0 unspecified atom stereocenters. The molecule has 1 aromatic heterocycles. The Morgan fingerprint density at radius 3 is 2.76 bits per heavy atom. The van der Waals surface area contributed by atoms with E-state index in [4.69, 9.17) is 4.42 Å². The lowest BCUT2D eigenvalue weighted by molar-refractivity contribution is -0.402. The lowest BCUT2D eigenvalue weighted by Crippen LogP contribution is -2.22. The van der Waals surface area contributed by atoms with Crippen molar-refractivity contribution in [3.05, 3.63) is 57.8 Å². The topological polar surface area (TPSA) is 97.7 Å². The van der Waals surface area contributed by atoms with Crippen molar-refractivity contribution in [2.75, 3.05) is 5.32 Å². The van der Waals surface area contributed by atoms with Gasteiger partial charge in [0, 0.05) is 22.9 Å². The molecule has 7 heteroatoms. The Hall–Kier alpha value is -3.22. The van der Waals surface area contributed by atoms with Crippen LogP contribution in [0.25, 0.3) is 6.08 Å². The molecule has 128 valence electrons. The first-order chi connectivity index (χ1) is 11.8. The third-order valence-electron chi connectivity index (χ3n) is 4.32. The van der Waals surface area contributed by atoms with Gasteiger partial charge in [-0.05, 0) is 42.8 Å². The van der Waals surface area contributed by atoms with Gasteiger partial charge >= 0.3 is 5.88 Å². The number of nitrogens with one attached hydrogen (secondary N) is 1. The smallest absolute Gasteiger partial charge is 0.401 e. The fraction of sp³-hybridized carbons (Fsp3) is 0.222. The van der Waals surface area contributed by atoms with E-state index in [0.717, 1.165) is 17.0 Å². The van der Waals surface area contributed by atoms with Gasteiger partial charge in [0.1, 0.15) is 10.7 Å². The normalized spacial score (nSPS) is 15.1. The second-order valence-electron chi connectivity index (χ2n) is 6.31. The zero-order valence-corrected chi connectivity index (χ0v) is 14.1. The van der Waals surface area contributed by atoms with Crippen LogP contribution < -0.4 is 5.32 Å². The number of fused-ring (bicyclic) bond motifs is 1. The molecule has 0 bridgehead atoms. The van der Waals surface area contributed by atoms with Crippen LogP contribution in [0.5, 0.6) is 0 Å². The molecule has 1 aliphatic heterocycles. The molecule has 1 aliphatic rings. The van der Waals surface area contributed by atoms with Gasteiger partial charge in [-0.15, -0.1) is 0 Å². The average molecular weight is 339 g/mol. The highest BCUT2D eigenvalue weighted by atomic mass is 16.6. The van der Waals surface area contributed by atoms with Gasteiger partial charge in [-0.1, -0.05) is 13.8 Å². The Labute approximate surface area is 144 Å². The Kier molecular flexibility index (Phi) is 4.00. The highest BCUT2D eigenvalue weighted by Crippen LogP contribution is 2.41. The van der Waals surface area contributed by atoms with E-state index >= 15 is 0 Å². The van der Waals surface area contributed by atoms with E-state index in [0.29, 0.717) is 5.69 Å². The van der Waals surface area contributed by atoms with E-state index in [9.17, 15) is 14.9 Å². The third-order valence-corrected chi connectivity index (χ3v) is 4.32. The van der Waals surface area contributed by atoms with Gasteiger partial charge < -0.3 is 9.73 Å². The summed E-state index contributed by atoms with van der Waals surface area (Å²) in [6, 6.07) is 8.25. The van der Waals surface area contributed by atoms with Crippen molar-refractivity contribution in [3.63, 3.8) is 0 Å². The number of benzene rings is 1. The summed E-state index contributed by atoms with van der Waals surface area (Å²) in [6.07, 6.45) is 2.65. The van der Waals surface area contributed by atoms with Crippen molar-refractivity contribution in [2.45, 2.75) is 26.2 Å². The number of rotatable bonds is 4. The number of hydrogen-bond acceptors (Lipinski definition) is 5. The first kappa shape index (κ1) is 16.6. The molecule has 2 aromatic rings. The fourth-order valence-corrected chi connectivity index (χ4v) is 2.60. The van der Waals surface area contributed by atoms with Crippen LogP contribution in [0.2, 0.25) is 0 Å². The molecule has 2 heterocycles. The second kappa shape index (κ2) is 6.01. The van der Waals surface area contributed by atoms with Crippen LogP contribution in [0.4, 0.5) is 17.3 Å². The molecule has 25 heavy (non-hydrogen) atoms. The van der Waals surface area contributed by atoms with Crippen molar-refractivity contribution in [2.24, 2.45) is 4.99 Å². The van der Waals surface area contributed by atoms with E-state index in [1.54, 1.807) is 6.07 Å². The number of carbonyl (C=O) groups is 1. The SMILES string of the molecule is CC1=Nc2ccc(NC(=O)/C=C/c3ccc([N+](=O)[O-])o3)cc2C1(C)C. The monoisotopic (exact) mass is 339 g/mol. The summed E-state index contributed by atoms with van der Waals surface area (Å²) in [5, 5.41) is 13.3. The number of hydrogen-bond donors (Lipinski definition) is 1. The molecule has 0 atom stereocenters. The predicted molar refractivity (Wildman–Crippen MR) is 95.3 cm³/mol. The molecule has 1 N–H and O–H groups in total. The number of anilines is 1. The minimum Gasteiger partial charge on any atom is -0.401 e. The molecule has 0 spiro atoms. The lowest BCUT2D eigenvalue weighted by atomic mass is 9.82. The largest absolute Gasteiger partial charge is 0.433 e. The fourth-order valence-electron chi connectivity index (χ4n) is 2.60. The lowest BCUT2D eigenvalue weighted by Gasteiger charge is -2.20. The van der Waals surface area contributed by atoms with Gasteiger partial charge in [-0.3, -0.25) is 19.9 Å². The molecule has 1 amide bonds. The quantitative estimate of drug-likeness (QED) is 0.512. The van der Waals surface area contributed by atoms with E-state index < -0.39 is 4.92 Å². The minimum atomic E-state index is -0.631. The second-order valence-corrected chi connectivity index (χ2v) is 6.31. The molecule has 0 aliphatic carbocycles. The molecule has 0 radical (unpaired) electrons.